The van der Waals surface area contributed by atoms with Crippen LogP contribution >= 0.6 is 0 Å². The first-order valence-corrected chi connectivity index (χ1v) is 7.58. The van der Waals surface area contributed by atoms with Crippen LogP contribution in [-0.4, -0.2) is 6.04 Å². The van der Waals surface area contributed by atoms with Crippen molar-refractivity contribution in [3.05, 3.63) is 35.4 Å². The van der Waals surface area contributed by atoms with Gasteiger partial charge in [-0.1, -0.05) is 20.3 Å². The lowest BCUT2D eigenvalue weighted by Gasteiger charge is -2.24. The lowest BCUT2D eigenvalue weighted by atomic mass is 9.85. The lowest BCUT2D eigenvalue weighted by Crippen LogP contribution is -2.31. The third-order valence-corrected chi connectivity index (χ3v) is 4.49. The van der Waals surface area contributed by atoms with E-state index in [1.165, 1.54) is 37.5 Å². The summed E-state index contributed by atoms with van der Waals surface area (Å²) in [5.74, 6) is -0.711. The molecule has 2 atom stereocenters. The van der Waals surface area contributed by atoms with Crippen LogP contribution < -0.4 is 5.32 Å². The van der Waals surface area contributed by atoms with E-state index in [0.29, 0.717) is 17.0 Å². The van der Waals surface area contributed by atoms with Crippen LogP contribution in [0.3, 0.4) is 0 Å². The van der Waals surface area contributed by atoms with Crippen molar-refractivity contribution >= 4 is 0 Å². The molecule has 2 rings (SSSR count). The van der Waals surface area contributed by atoms with E-state index in [2.05, 4.69) is 19.2 Å². The molecule has 1 saturated carbocycles. The van der Waals surface area contributed by atoms with Crippen LogP contribution in [0.15, 0.2) is 18.2 Å². The van der Waals surface area contributed by atoms with Crippen LogP contribution in [-0.2, 0) is 0 Å². The van der Waals surface area contributed by atoms with E-state index in [9.17, 15) is 8.78 Å². The maximum absolute atomic E-state index is 13.8. The lowest BCUT2D eigenvalue weighted by molar-refractivity contribution is 0.307. The van der Waals surface area contributed by atoms with Crippen molar-refractivity contribution in [1.29, 1.82) is 0 Å². The summed E-state index contributed by atoms with van der Waals surface area (Å²) in [5, 5.41) is 3.47. The summed E-state index contributed by atoms with van der Waals surface area (Å²) in [4.78, 5) is 0. The Bertz CT molecular complexity index is 456. The second-order valence-electron chi connectivity index (χ2n) is 6.85. The number of halogens is 2. The third-order valence-electron chi connectivity index (χ3n) is 4.49. The molecule has 0 heterocycles. The topological polar surface area (TPSA) is 12.0 Å². The maximum Gasteiger partial charge on any atom is 0.128 e. The quantitative estimate of drug-likeness (QED) is 0.771. The van der Waals surface area contributed by atoms with Crippen molar-refractivity contribution in [1.82, 2.24) is 5.32 Å². The van der Waals surface area contributed by atoms with Crippen LogP contribution in [0, 0.1) is 17.0 Å². The van der Waals surface area contributed by atoms with Crippen molar-refractivity contribution in [2.75, 3.05) is 0 Å². The molecular weight excluding hydrogens is 256 g/mol. The van der Waals surface area contributed by atoms with Gasteiger partial charge in [0.1, 0.15) is 11.6 Å². The molecule has 112 valence electrons. The molecule has 1 aromatic rings. The van der Waals surface area contributed by atoms with Gasteiger partial charge in [0.15, 0.2) is 0 Å². The second kappa shape index (κ2) is 6.21. The predicted molar refractivity (Wildman–Crippen MR) is 78.6 cm³/mol. The SMILES string of the molecule is CC(NC1CCCC(C)(C)CC1)c1cc(F)ccc1F. The number of rotatable bonds is 3. The van der Waals surface area contributed by atoms with E-state index < -0.39 is 0 Å². The first kappa shape index (κ1) is 15.4. The van der Waals surface area contributed by atoms with E-state index >= 15 is 0 Å². The van der Waals surface area contributed by atoms with E-state index in [-0.39, 0.29) is 17.7 Å². The minimum Gasteiger partial charge on any atom is -0.307 e. The highest BCUT2D eigenvalue weighted by molar-refractivity contribution is 5.22. The molecule has 0 aliphatic heterocycles. The van der Waals surface area contributed by atoms with Gasteiger partial charge in [-0.15, -0.1) is 0 Å². The summed E-state index contributed by atoms with van der Waals surface area (Å²) < 4.78 is 27.0. The Morgan fingerprint density at radius 1 is 1.20 bits per heavy atom. The van der Waals surface area contributed by atoms with Crippen LogP contribution in [0.5, 0.6) is 0 Å². The molecule has 1 aliphatic carbocycles. The zero-order chi connectivity index (χ0) is 14.8. The smallest absolute Gasteiger partial charge is 0.128 e. The number of nitrogens with one attached hydrogen (secondary N) is 1. The Hall–Kier alpha value is -0.960. The summed E-state index contributed by atoms with van der Waals surface area (Å²) in [7, 11) is 0. The molecular formula is C17H25F2N. The van der Waals surface area contributed by atoms with Gasteiger partial charge in [-0.25, -0.2) is 8.78 Å². The van der Waals surface area contributed by atoms with Crippen LogP contribution in [0.1, 0.15) is 64.5 Å². The summed E-state index contributed by atoms with van der Waals surface area (Å²) in [6.07, 6.45) is 5.85. The molecule has 0 radical (unpaired) electrons. The third kappa shape index (κ3) is 4.02. The first-order valence-electron chi connectivity index (χ1n) is 7.58. The molecule has 1 fully saturated rings. The number of hydrogen-bond donors (Lipinski definition) is 1. The molecule has 20 heavy (non-hydrogen) atoms. The van der Waals surface area contributed by atoms with E-state index in [0.717, 1.165) is 12.8 Å². The average Bonchev–Trinajstić information content (AvgIpc) is 2.54. The van der Waals surface area contributed by atoms with E-state index in [4.69, 9.17) is 0 Å². The molecule has 0 saturated heterocycles. The van der Waals surface area contributed by atoms with Crippen LogP contribution in [0.4, 0.5) is 8.78 Å². The fourth-order valence-electron chi connectivity index (χ4n) is 3.12. The molecule has 3 heteroatoms. The molecule has 1 nitrogen and oxygen atoms in total. The Morgan fingerprint density at radius 3 is 2.70 bits per heavy atom. The summed E-state index contributed by atoms with van der Waals surface area (Å²) in [6.45, 7) is 6.53. The Morgan fingerprint density at radius 2 is 1.95 bits per heavy atom. The fraction of sp³-hybridized carbons (Fsp3) is 0.647. The van der Waals surface area contributed by atoms with Crippen molar-refractivity contribution in [3.8, 4) is 0 Å². The molecule has 0 aromatic heterocycles. The first-order chi connectivity index (χ1) is 9.37. The predicted octanol–water partition coefficient (Wildman–Crippen LogP) is 4.97. The molecule has 0 spiro atoms. The molecule has 1 aromatic carbocycles. The average molecular weight is 281 g/mol. The van der Waals surface area contributed by atoms with Gasteiger partial charge in [0.05, 0.1) is 0 Å². The van der Waals surface area contributed by atoms with Crippen molar-refractivity contribution < 1.29 is 8.78 Å². The summed E-state index contributed by atoms with van der Waals surface area (Å²) >= 11 is 0. The fourth-order valence-corrected chi connectivity index (χ4v) is 3.12. The van der Waals surface area contributed by atoms with Gasteiger partial charge in [0, 0.05) is 17.6 Å². The van der Waals surface area contributed by atoms with Gasteiger partial charge in [-0.2, -0.15) is 0 Å². The van der Waals surface area contributed by atoms with Gasteiger partial charge in [0.2, 0.25) is 0 Å². The number of hydrogen-bond acceptors (Lipinski definition) is 1. The number of benzene rings is 1. The van der Waals surface area contributed by atoms with Gasteiger partial charge in [-0.05, 0) is 56.2 Å². The van der Waals surface area contributed by atoms with Crippen LogP contribution in [0.25, 0.3) is 0 Å². The standard InChI is InChI=1S/C17H25F2N/c1-12(15-11-13(18)6-7-16(15)19)20-14-5-4-9-17(2,3)10-8-14/h6-7,11-12,14,20H,4-5,8-10H2,1-3H3. The molecule has 1 N–H and O–H groups in total. The largest absolute Gasteiger partial charge is 0.307 e. The van der Waals surface area contributed by atoms with Crippen LogP contribution in [0.2, 0.25) is 0 Å². The maximum atomic E-state index is 13.8. The van der Waals surface area contributed by atoms with Crippen molar-refractivity contribution in [2.45, 2.75) is 65.0 Å². The molecule has 2 unspecified atom stereocenters. The van der Waals surface area contributed by atoms with E-state index in [1.54, 1.807) is 0 Å². The van der Waals surface area contributed by atoms with Crippen molar-refractivity contribution in [2.24, 2.45) is 5.41 Å². The minimum atomic E-state index is -0.378. The monoisotopic (exact) mass is 281 g/mol. The molecule has 0 amide bonds. The highest BCUT2D eigenvalue weighted by Gasteiger charge is 2.25. The normalized spacial score (nSPS) is 24.1. The summed E-state index contributed by atoms with van der Waals surface area (Å²) in [6, 6.07) is 3.92. The highest BCUT2D eigenvalue weighted by Crippen LogP contribution is 2.34. The highest BCUT2D eigenvalue weighted by atomic mass is 19.1. The Labute approximate surface area is 120 Å². The van der Waals surface area contributed by atoms with E-state index in [1.807, 2.05) is 6.92 Å². The Kier molecular flexibility index (Phi) is 4.79. The zero-order valence-corrected chi connectivity index (χ0v) is 12.7. The minimum absolute atomic E-state index is 0.156. The van der Waals surface area contributed by atoms with Gasteiger partial charge < -0.3 is 5.32 Å². The van der Waals surface area contributed by atoms with Gasteiger partial charge in [-0.3, -0.25) is 0 Å². The second-order valence-corrected chi connectivity index (χ2v) is 6.85. The van der Waals surface area contributed by atoms with Gasteiger partial charge in [0.25, 0.3) is 0 Å². The van der Waals surface area contributed by atoms with Gasteiger partial charge >= 0.3 is 0 Å². The zero-order valence-electron chi connectivity index (χ0n) is 12.7. The molecule has 1 aliphatic rings. The molecule has 0 bridgehead atoms. The van der Waals surface area contributed by atoms with Crippen molar-refractivity contribution in [3.63, 3.8) is 0 Å². The Balaban J connectivity index is 2.00. The summed E-state index contributed by atoms with van der Waals surface area (Å²) in [5.41, 5.74) is 0.831.